The van der Waals surface area contributed by atoms with Crippen LogP contribution in [0.25, 0.3) is 5.69 Å². The summed E-state index contributed by atoms with van der Waals surface area (Å²) in [5, 5.41) is 15.1. The van der Waals surface area contributed by atoms with Gasteiger partial charge in [0, 0.05) is 17.8 Å². The van der Waals surface area contributed by atoms with Crippen molar-refractivity contribution in [2.75, 3.05) is 7.11 Å². The van der Waals surface area contributed by atoms with Gasteiger partial charge >= 0.3 is 5.69 Å². The molecule has 0 saturated heterocycles. The highest BCUT2D eigenvalue weighted by Gasteiger charge is 2.16. The fraction of sp³-hybridized carbons (Fsp3) is 0.250. The van der Waals surface area contributed by atoms with Crippen LogP contribution < -0.4 is 4.74 Å². The maximum absolute atomic E-state index is 10.8. The van der Waals surface area contributed by atoms with E-state index < -0.39 is 4.92 Å². The summed E-state index contributed by atoms with van der Waals surface area (Å²) in [6, 6.07) is 6.62. The van der Waals surface area contributed by atoms with E-state index in [1.54, 1.807) is 16.8 Å². The van der Waals surface area contributed by atoms with Crippen molar-refractivity contribution in [1.82, 2.24) is 9.78 Å². The van der Waals surface area contributed by atoms with Gasteiger partial charge in [-0.2, -0.15) is 5.10 Å². The number of rotatable bonds is 3. The van der Waals surface area contributed by atoms with Gasteiger partial charge in [-0.1, -0.05) is 0 Å². The molecule has 0 radical (unpaired) electrons. The van der Waals surface area contributed by atoms with Crippen LogP contribution in [0.5, 0.6) is 5.75 Å². The van der Waals surface area contributed by atoms with Crippen LogP contribution in [0, 0.1) is 24.0 Å². The van der Waals surface area contributed by atoms with Crippen molar-refractivity contribution in [3.05, 3.63) is 45.8 Å². The molecule has 94 valence electrons. The quantitative estimate of drug-likeness (QED) is 0.616. The Balaban J connectivity index is 2.54. The summed E-state index contributed by atoms with van der Waals surface area (Å²) in [7, 11) is 1.41. The molecular weight excluding hydrogens is 234 g/mol. The van der Waals surface area contributed by atoms with E-state index in [0.717, 1.165) is 17.1 Å². The summed E-state index contributed by atoms with van der Waals surface area (Å²) in [5.41, 5.74) is 2.54. The standard InChI is InChI=1S/C12H13N3O3/c1-8-6-9(2)14(13-8)10-4-5-11(15(16)17)12(7-10)18-3/h4-7H,1-3H3. The smallest absolute Gasteiger partial charge is 0.311 e. The maximum Gasteiger partial charge on any atom is 0.311 e. The van der Waals surface area contributed by atoms with Gasteiger partial charge in [0.05, 0.1) is 23.4 Å². The number of nitrogens with zero attached hydrogens (tertiary/aromatic N) is 3. The SMILES string of the molecule is COc1cc(-n2nc(C)cc2C)ccc1[N+](=O)[O-]. The lowest BCUT2D eigenvalue weighted by molar-refractivity contribution is -0.385. The normalized spacial score (nSPS) is 10.4. The van der Waals surface area contributed by atoms with E-state index in [1.807, 2.05) is 19.9 Å². The molecule has 2 aromatic rings. The predicted octanol–water partition coefficient (Wildman–Crippen LogP) is 2.41. The molecule has 6 nitrogen and oxygen atoms in total. The van der Waals surface area contributed by atoms with Gasteiger partial charge in [-0.3, -0.25) is 10.1 Å². The predicted molar refractivity (Wildman–Crippen MR) is 66.2 cm³/mol. The minimum atomic E-state index is -0.468. The van der Waals surface area contributed by atoms with E-state index >= 15 is 0 Å². The number of aromatic nitrogens is 2. The Labute approximate surface area is 104 Å². The summed E-state index contributed by atoms with van der Waals surface area (Å²) in [4.78, 5) is 10.3. The van der Waals surface area contributed by atoms with Gasteiger partial charge in [-0.05, 0) is 26.0 Å². The summed E-state index contributed by atoms with van der Waals surface area (Å²) in [6.07, 6.45) is 0. The van der Waals surface area contributed by atoms with Crippen molar-refractivity contribution in [1.29, 1.82) is 0 Å². The maximum atomic E-state index is 10.8. The summed E-state index contributed by atoms with van der Waals surface area (Å²) in [5.74, 6) is 0.227. The Kier molecular flexibility index (Phi) is 3.01. The van der Waals surface area contributed by atoms with Gasteiger partial charge in [0.25, 0.3) is 0 Å². The monoisotopic (exact) mass is 247 g/mol. The third-order valence-electron chi connectivity index (χ3n) is 2.61. The average Bonchev–Trinajstić information content (AvgIpc) is 2.67. The highest BCUT2D eigenvalue weighted by molar-refractivity contribution is 5.53. The summed E-state index contributed by atoms with van der Waals surface area (Å²) >= 11 is 0. The zero-order valence-corrected chi connectivity index (χ0v) is 10.4. The fourth-order valence-electron chi connectivity index (χ4n) is 1.84. The van der Waals surface area contributed by atoms with Crippen LogP contribution in [-0.4, -0.2) is 21.8 Å². The minimum absolute atomic E-state index is 0.0530. The highest BCUT2D eigenvalue weighted by atomic mass is 16.6. The zero-order valence-electron chi connectivity index (χ0n) is 10.4. The van der Waals surface area contributed by atoms with E-state index in [0.29, 0.717) is 0 Å². The molecule has 1 aromatic carbocycles. The molecule has 1 aromatic heterocycles. The Morgan fingerprint density at radius 1 is 1.33 bits per heavy atom. The Morgan fingerprint density at radius 2 is 2.06 bits per heavy atom. The van der Waals surface area contributed by atoms with E-state index in [2.05, 4.69) is 5.10 Å². The van der Waals surface area contributed by atoms with Crippen LogP contribution in [0.15, 0.2) is 24.3 Å². The lowest BCUT2D eigenvalue weighted by atomic mass is 10.2. The van der Waals surface area contributed by atoms with Gasteiger partial charge in [0.15, 0.2) is 5.75 Å². The van der Waals surface area contributed by atoms with Gasteiger partial charge < -0.3 is 4.74 Å². The molecule has 0 atom stereocenters. The molecule has 0 aliphatic rings. The largest absolute Gasteiger partial charge is 0.490 e. The number of hydrogen-bond acceptors (Lipinski definition) is 4. The van der Waals surface area contributed by atoms with E-state index in [4.69, 9.17) is 4.74 Å². The molecule has 0 aliphatic heterocycles. The Bertz CT molecular complexity index is 605. The molecule has 0 fully saturated rings. The van der Waals surface area contributed by atoms with Crippen molar-refractivity contribution in [3.63, 3.8) is 0 Å². The number of aryl methyl sites for hydroxylation is 2. The topological polar surface area (TPSA) is 70.2 Å². The lowest BCUT2D eigenvalue weighted by Gasteiger charge is -2.07. The molecule has 0 aliphatic carbocycles. The van der Waals surface area contributed by atoms with Crippen LogP contribution in [0.2, 0.25) is 0 Å². The fourth-order valence-corrected chi connectivity index (χ4v) is 1.84. The van der Waals surface area contributed by atoms with Crippen LogP contribution in [0.4, 0.5) is 5.69 Å². The van der Waals surface area contributed by atoms with Crippen molar-refractivity contribution >= 4 is 5.69 Å². The van der Waals surface area contributed by atoms with Crippen molar-refractivity contribution in [3.8, 4) is 11.4 Å². The van der Waals surface area contributed by atoms with Crippen molar-refractivity contribution in [2.24, 2.45) is 0 Å². The second-order valence-corrected chi connectivity index (χ2v) is 3.95. The number of nitro groups is 1. The van der Waals surface area contributed by atoms with Gasteiger partial charge in [-0.25, -0.2) is 4.68 Å². The highest BCUT2D eigenvalue weighted by Crippen LogP contribution is 2.29. The Hall–Kier alpha value is -2.37. The first-order valence-corrected chi connectivity index (χ1v) is 5.39. The molecule has 0 spiro atoms. The molecule has 0 unspecified atom stereocenters. The number of hydrogen-bond donors (Lipinski definition) is 0. The van der Waals surface area contributed by atoms with E-state index in [1.165, 1.54) is 13.2 Å². The summed E-state index contributed by atoms with van der Waals surface area (Å²) in [6.45, 7) is 3.82. The summed E-state index contributed by atoms with van der Waals surface area (Å²) < 4.78 is 6.76. The van der Waals surface area contributed by atoms with Crippen LogP contribution >= 0.6 is 0 Å². The number of methoxy groups -OCH3 is 1. The first kappa shape index (κ1) is 12.1. The number of benzene rings is 1. The third kappa shape index (κ3) is 2.04. The molecule has 2 rings (SSSR count). The molecule has 6 heteroatoms. The molecule has 0 amide bonds. The molecule has 0 N–H and O–H groups in total. The molecule has 18 heavy (non-hydrogen) atoms. The van der Waals surface area contributed by atoms with E-state index in [-0.39, 0.29) is 11.4 Å². The van der Waals surface area contributed by atoms with Crippen LogP contribution in [-0.2, 0) is 0 Å². The second-order valence-electron chi connectivity index (χ2n) is 3.95. The van der Waals surface area contributed by atoms with Crippen molar-refractivity contribution < 1.29 is 9.66 Å². The first-order chi connectivity index (χ1) is 8.52. The Morgan fingerprint density at radius 3 is 2.56 bits per heavy atom. The van der Waals surface area contributed by atoms with Gasteiger partial charge in [-0.15, -0.1) is 0 Å². The molecule has 0 saturated carbocycles. The number of nitro benzene ring substituents is 1. The van der Waals surface area contributed by atoms with E-state index in [9.17, 15) is 10.1 Å². The third-order valence-corrected chi connectivity index (χ3v) is 2.61. The first-order valence-electron chi connectivity index (χ1n) is 5.39. The van der Waals surface area contributed by atoms with Gasteiger partial charge in [0.1, 0.15) is 0 Å². The zero-order chi connectivity index (χ0) is 13.3. The van der Waals surface area contributed by atoms with Gasteiger partial charge in [0.2, 0.25) is 0 Å². The average molecular weight is 247 g/mol. The van der Waals surface area contributed by atoms with Crippen molar-refractivity contribution in [2.45, 2.75) is 13.8 Å². The molecule has 0 bridgehead atoms. The van der Waals surface area contributed by atoms with Crippen LogP contribution in [0.3, 0.4) is 0 Å². The molecule has 1 heterocycles. The lowest BCUT2D eigenvalue weighted by Crippen LogP contribution is -2.01. The number of ether oxygens (including phenoxy) is 1. The van der Waals surface area contributed by atoms with Crippen LogP contribution in [0.1, 0.15) is 11.4 Å². The molecular formula is C12H13N3O3. The second kappa shape index (κ2) is 4.48. The minimum Gasteiger partial charge on any atom is -0.490 e.